The van der Waals surface area contributed by atoms with Crippen molar-refractivity contribution in [3.8, 4) is 23.1 Å². The minimum Gasteiger partial charge on any atom is -0.489 e. The molecule has 0 spiro atoms. The average Bonchev–Trinajstić information content (AvgIpc) is 3.16. The minimum atomic E-state index is -0.197. The van der Waals surface area contributed by atoms with E-state index < -0.39 is 0 Å². The van der Waals surface area contributed by atoms with Crippen LogP contribution in [0.5, 0.6) is 5.75 Å². The van der Waals surface area contributed by atoms with Crippen molar-refractivity contribution in [3.63, 3.8) is 0 Å². The lowest BCUT2D eigenvalue weighted by Crippen LogP contribution is -2.22. The van der Waals surface area contributed by atoms with Gasteiger partial charge in [-0.15, -0.1) is 0 Å². The van der Waals surface area contributed by atoms with Gasteiger partial charge in [0, 0.05) is 17.3 Å². The van der Waals surface area contributed by atoms with Gasteiger partial charge in [-0.2, -0.15) is 5.26 Å². The predicted molar refractivity (Wildman–Crippen MR) is 111 cm³/mol. The predicted octanol–water partition coefficient (Wildman–Crippen LogP) is 4.26. The summed E-state index contributed by atoms with van der Waals surface area (Å²) >= 11 is 0. The van der Waals surface area contributed by atoms with E-state index in [1.54, 1.807) is 0 Å². The number of nitrogens with one attached hydrogen (secondary N) is 1. The van der Waals surface area contributed by atoms with Gasteiger partial charge in [0.15, 0.2) is 5.65 Å². The quantitative estimate of drug-likeness (QED) is 0.557. The third kappa shape index (κ3) is 3.50. The Hall–Kier alpha value is -3.85. The van der Waals surface area contributed by atoms with E-state index >= 15 is 0 Å². The third-order valence-electron chi connectivity index (χ3n) is 4.75. The molecule has 0 saturated heterocycles. The first-order valence-electron chi connectivity index (χ1n) is 9.39. The van der Waals surface area contributed by atoms with Gasteiger partial charge >= 0.3 is 0 Å². The van der Waals surface area contributed by atoms with E-state index in [2.05, 4.69) is 16.2 Å². The number of ether oxygens (including phenoxy) is 1. The lowest BCUT2D eigenvalue weighted by atomic mass is 9.98. The Kier molecular flexibility index (Phi) is 4.88. The molecule has 0 aliphatic rings. The first-order valence-corrected chi connectivity index (χ1v) is 9.39. The molecule has 0 radical (unpaired) electrons. The number of rotatable bonds is 5. The second-order valence-corrected chi connectivity index (χ2v) is 7.09. The van der Waals surface area contributed by atoms with Crippen LogP contribution in [0.2, 0.25) is 0 Å². The lowest BCUT2D eigenvalue weighted by molar-refractivity contribution is 0.306. The molecule has 0 atom stereocenters. The summed E-state index contributed by atoms with van der Waals surface area (Å²) in [5.41, 5.74) is 3.48. The van der Waals surface area contributed by atoms with Crippen molar-refractivity contribution in [3.05, 3.63) is 87.8 Å². The van der Waals surface area contributed by atoms with Crippen molar-refractivity contribution in [2.75, 3.05) is 0 Å². The normalized spacial score (nSPS) is 11.0. The molecule has 6 heteroatoms. The number of aromatic amines is 1. The molecule has 6 nitrogen and oxygen atoms in total. The molecule has 2 aromatic carbocycles. The molecule has 0 amide bonds. The maximum Gasteiger partial charge on any atom is 0.276 e. The summed E-state index contributed by atoms with van der Waals surface area (Å²) in [6, 6.07) is 19.5. The highest BCUT2D eigenvalue weighted by Gasteiger charge is 2.20. The molecule has 1 N–H and O–H groups in total. The van der Waals surface area contributed by atoms with Crippen LogP contribution in [-0.4, -0.2) is 14.6 Å². The Morgan fingerprint density at radius 1 is 1.17 bits per heavy atom. The van der Waals surface area contributed by atoms with Crippen LogP contribution in [0.15, 0.2) is 65.6 Å². The Morgan fingerprint density at radius 3 is 2.69 bits per heavy atom. The van der Waals surface area contributed by atoms with Crippen LogP contribution in [0.4, 0.5) is 0 Å². The zero-order valence-electron chi connectivity index (χ0n) is 16.2. The minimum absolute atomic E-state index is 0.0374. The van der Waals surface area contributed by atoms with Gasteiger partial charge in [0.25, 0.3) is 5.56 Å². The highest BCUT2D eigenvalue weighted by molar-refractivity contribution is 5.69. The van der Waals surface area contributed by atoms with Gasteiger partial charge < -0.3 is 4.74 Å². The fourth-order valence-corrected chi connectivity index (χ4v) is 3.32. The summed E-state index contributed by atoms with van der Waals surface area (Å²) in [7, 11) is 0. The standard InChI is InChI=1S/C23H20N4O2/c1-15(2)20-21(26-22-18(12-24)13-25-27(22)23(20)28)17-9-6-10-19(11-17)29-14-16-7-4-3-5-8-16/h3-11,13,15,25H,14H2,1-2H3. The molecular formula is C23H20N4O2. The highest BCUT2D eigenvalue weighted by atomic mass is 16.5. The van der Waals surface area contributed by atoms with Crippen molar-refractivity contribution < 1.29 is 4.74 Å². The van der Waals surface area contributed by atoms with Crippen molar-refractivity contribution in [1.82, 2.24) is 14.6 Å². The van der Waals surface area contributed by atoms with Gasteiger partial charge in [-0.1, -0.05) is 56.3 Å². The number of aromatic nitrogens is 3. The van der Waals surface area contributed by atoms with Gasteiger partial charge in [-0.05, 0) is 23.6 Å². The first-order chi connectivity index (χ1) is 14.1. The highest BCUT2D eigenvalue weighted by Crippen LogP contribution is 2.29. The summed E-state index contributed by atoms with van der Waals surface area (Å²) in [5, 5.41) is 12.2. The van der Waals surface area contributed by atoms with Crippen molar-refractivity contribution in [1.29, 1.82) is 5.26 Å². The average molecular weight is 384 g/mol. The van der Waals surface area contributed by atoms with Crippen LogP contribution in [0.3, 0.4) is 0 Å². The second-order valence-electron chi connectivity index (χ2n) is 7.09. The summed E-state index contributed by atoms with van der Waals surface area (Å²) in [5.74, 6) is 0.655. The second kappa shape index (κ2) is 7.64. The molecule has 0 aliphatic heterocycles. The van der Waals surface area contributed by atoms with Crippen LogP contribution in [-0.2, 0) is 6.61 Å². The summed E-state index contributed by atoms with van der Waals surface area (Å²) in [6.45, 7) is 4.36. The van der Waals surface area contributed by atoms with E-state index in [0.29, 0.717) is 34.8 Å². The van der Waals surface area contributed by atoms with E-state index in [-0.39, 0.29) is 11.5 Å². The maximum atomic E-state index is 13.0. The number of nitriles is 1. The fourth-order valence-electron chi connectivity index (χ4n) is 3.32. The van der Waals surface area contributed by atoms with Crippen LogP contribution in [0.25, 0.3) is 16.9 Å². The SMILES string of the molecule is CC(C)c1c(-c2cccc(OCc3ccccc3)c2)nc2c(C#N)c[nH]n2c1=O. The molecule has 0 aliphatic carbocycles. The molecule has 29 heavy (non-hydrogen) atoms. The van der Waals surface area contributed by atoms with Crippen LogP contribution in [0, 0.1) is 11.3 Å². The van der Waals surface area contributed by atoms with Gasteiger partial charge in [0.1, 0.15) is 24.0 Å². The molecule has 2 aromatic heterocycles. The number of hydrogen-bond donors (Lipinski definition) is 1. The molecule has 0 unspecified atom stereocenters. The molecular weight excluding hydrogens is 364 g/mol. The largest absolute Gasteiger partial charge is 0.489 e. The Balaban J connectivity index is 1.79. The molecule has 144 valence electrons. The molecule has 2 heterocycles. The van der Waals surface area contributed by atoms with Gasteiger partial charge in [0.05, 0.1) is 5.69 Å². The zero-order valence-corrected chi connectivity index (χ0v) is 16.2. The fraction of sp³-hybridized carbons (Fsp3) is 0.174. The van der Waals surface area contributed by atoms with Crippen LogP contribution < -0.4 is 10.3 Å². The van der Waals surface area contributed by atoms with Crippen LogP contribution in [0.1, 0.15) is 36.5 Å². The van der Waals surface area contributed by atoms with E-state index in [1.807, 2.05) is 68.4 Å². The summed E-state index contributed by atoms with van der Waals surface area (Å²) < 4.78 is 7.26. The maximum absolute atomic E-state index is 13.0. The third-order valence-corrected chi connectivity index (χ3v) is 4.75. The number of hydrogen-bond acceptors (Lipinski definition) is 4. The zero-order chi connectivity index (χ0) is 20.4. The summed E-state index contributed by atoms with van der Waals surface area (Å²) in [6.07, 6.45) is 1.50. The number of H-pyrrole nitrogens is 1. The molecule has 0 fully saturated rings. The summed E-state index contributed by atoms with van der Waals surface area (Å²) in [4.78, 5) is 17.7. The van der Waals surface area contributed by atoms with Crippen molar-refractivity contribution in [2.45, 2.75) is 26.4 Å². The topological polar surface area (TPSA) is 83.2 Å². The number of fused-ring (bicyclic) bond motifs is 1. The Bertz CT molecular complexity index is 1260. The molecule has 4 rings (SSSR count). The lowest BCUT2D eigenvalue weighted by Gasteiger charge is -2.13. The molecule has 4 aromatic rings. The number of nitrogens with zero attached hydrogens (tertiary/aromatic N) is 3. The Morgan fingerprint density at radius 2 is 1.97 bits per heavy atom. The van der Waals surface area contributed by atoms with E-state index in [4.69, 9.17) is 4.74 Å². The first kappa shape index (κ1) is 18.5. The Labute approximate surface area is 168 Å². The van der Waals surface area contributed by atoms with Gasteiger partial charge in [0.2, 0.25) is 0 Å². The van der Waals surface area contributed by atoms with Crippen molar-refractivity contribution in [2.24, 2.45) is 0 Å². The van der Waals surface area contributed by atoms with Gasteiger partial charge in [-0.3, -0.25) is 9.89 Å². The van der Waals surface area contributed by atoms with Crippen molar-refractivity contribution >= 4 is 5.65 Å². The number of benzene rings is 2. The molecule has 0 bridgehead atoms. The van der Waals surface area contributed by atoms with E-state index in [1.165, 1.54) is 10.7 Å². The molecule has 0 saturated carbocycles. The van der Waals surface area contributed by atoms with Crippen LogP contribution >= 0.6 is 0 Å². The monoisotopic (exact) mass is 384 g/mol. The van der Waals surface area contributed by atoms with E-state index in [0.717, 1.165) is 11.1 Å². The smallest absolute Gasteiger partial charge is 0.276 e. The van der Waals surface area contributed by atoms with E-state index in [9.17, 15) is 10.1 Å². The van der Waals surface area contributed by atoms with Gasteiger partial charge in [-0.25, -0.2) is 9.50 Å².